The van der Waals surface area contributed by atoms with Crippen molar-refractivity contribution in [3.05, 3.63) is 34.9 Å². The Kier molecular flexibility index (Phi) is 4.37. The normalized spacial score (nSPS) is 18.8. The summed E-state index contributed by atoms with van der Waals surface area (Å²) in [4.78, 5) is 23.1. The van der Waals surface area contributed by atoms with Gasteiger partial charge in [0, 0.05) is 5.02 Å². The fraction of sp³-hybridized carbons (Fsp3) is 0.231. The van der Waals surface area contributed by atoms with E-state index in [1.807, 2.05) is 4.72 Å². The largest absolute Gasteiger partial charge is 0.284 e. The molecule has 0 aromatic heterocycles. The third-order valence-electron chi connectivity index (χ3n) is 2.94. The molecule has 0 saturated heterocycles. The zero-order valence-electron chi connectivity index (χ0n) is 11.7. The molecule has 116 valence electrons. The lowest BCUT2D eigenvalue weighted by atomic mass is 10.0. The van der Waals surface area contributed by atoms with Crippen molar-refractivity contribution in [2.24, 2.45) is 5.10 Å². The minimum absolute atomic E-state index is 0.212. The van der Waals surface area contributed by atoms with Gasteiger partial charge in [0.1, 0.15) is 11.5 Å². The quantitative estimate of drug-likeness (QED) is 0.632. The maximum absolute atomic E-state index is 12.1. The third-order valence-corrected chi connectivity index (χ3v) is 3.75. The van der Waals surface area contributed by atoms with Crippen LogP contribution < -0.4 is 9.73 Å². The zero-order valence-corrected chi connectivity index (χ0v) is 13.3. The summed E-state index contributed by atoms with van der Waals surface area (Å²) >= 11 is 5.81. The number of nitrogens with zero attached hydrogens (tertiary/aromatic N) is 2. The van der Waals surface area contributed by atoms with E-state index in [1.165, 1.54) is 5.01 Å². The number of amidine groups is 1. The molecule has 0 amide bonds. The maximum atomic E-state index is 12.1. The Morgan fingerprint density at radius 1 is 1.32 bits per heavy atom. The van der Waals surface area contributed by atoms with E-state index in [4.69, 9.17) is 11.6 Å². The Hall–Kier alpha value is -2.15. The molecule has 1 aliphatic heterocycles. The van der Waals surface area contributed by atoms with E-state index in [1.54, 1.807) is 37.1 Å². The second-order valence-electron chi connectivity index (χ2n) is 4.66. The van der Waals surface area contributed by atoms with Gasteiger partial charge in [-0.1, -0.05) is 11.6 Å². The van der Waals surface area contributed by atoms with E-state index in [9.17, 15) is 18.0 Å². The van der Waals surface area contributed by atoms with Gasteiger partial charge in [0.05, 0.1) is 18.0 Å². The minimum atomic E-state index is -3.71. The zero-order chi connectivity index (χ0) is 16.5. The molecular weight excluding hydrogens is 330 g/mol. The first-order valence-electron chi connectivity index (χ1n) is 6.14. The van der Waals surface area contributed by atoms with Gasteiger partial charge in [-0.2, -0.15) is 0 Å². The first kappa shape index (κ1) is 16.2. The number of ketones is 1. The molecule has 1 aromatic carbocycles. The van der Waals surface area contributed by atoms with Crippen LogP contribution in [0.5, 0.6) is 0 Å². The topological polar surface area (TPSA) is 95.9 Å². The van der Waals surface area contributed by atoms with E-state index in [0.717, 1.165) is 6.26 Å². The third kappa shape index (κ3) is 3.36. The molecule has 1 aliphatic rings. The Bertz CT molecular complexity index is 795. The van der Waals surface area contributed by atoms with E-state index in [0.29, 0.717) is 10.7 Å². The summed E-state index contributed by atoms with van der Waals surface area (Å²) in [5.74, 6) is 0.321. The van der Waals surface area contributed by atoms with Crippen LogP contribution in [0.15, 0.2) is 34.9 Å². The van der Waals surface area contributed by atoms with Crippen LogP contribution in [0, 0.1) is 0 Å². The molecule has 2 rings (SSSR count). The van der Waals surface area contributed by atoms with E-state index in [2.05, 4.69) is 5.10 Å². The lowest BCUT2D eigenvalue weighted by Crippen LogP contribution is -2.48. The summed E-state index contributed by atoms with van der Waals surface area (Å²) in [6.07, 6.45) is 0.887. The molecule has 1 unspecified atom stereocenters. The van der Waals surface area contributed by atoms with Crippen molar-refractivity contribution >= 4 is 44.9 Å². The van der Waals surface area contributed by atoms with Gasteiger partial charge >= 0.3 is 0 Å². The summed E-state index contributed by atoms with van der Waals surface area (Å²) < 4.78 is 24.7. The standard InChI is InChI=1S/C13H12ClN3O4S/c1-8-11(7-18)12(19)13(16-22(2,20)21)15-17(8)10-5-3-9(14)4-6-10/h3-6,8H,1-2H3,(H,15,16). The SMILES string of the molecule is CC1C(=C=O)C(=O)C(NS(C)(=O)=O)=NN1c1ccc(Cl)cc1. The molecular formula is C13H12ClN3O4S. The van der Waals surface area contributed by atoms with Crippen LogP contribution in [0.1, 0.15) is 6.92 Å². The van der Waals surface area contributed by atoms with Gasteiger partial charge in [0.25, 0.3) is 0 Å². The highest BCUT2D eigenvalue weighted by atomic mass is 35.5. The Morgan fingerprint density at radius 3 is 2.41 bits per heavy atom. The van der Waals surface area contributed by atoms with Crippen LogP contribution in [-0.4, -0.2) is 38.3 Å². The molecule has 1 heterocycles. The molecule has 22 heavy (non-hydrogen) atoms. The molecule has 0 radical (unpaired) electrons. The van der Waals surface area contributed by atoms with Crippen molar-refractivity contribution in [2.45, 2.75) is 13.0 Å². The predicted molar refractivity (Wildman–Crippen MR) is 83.0 cm³/mol. The van der Waals surface area contributed by atoms with Crippen molar-refractivity contribution in [1.29, 1.82) is 0 Å². The van der Waals surface area contributed by atoms with Crippen LogP contribution in [0.2, 0.25) is 5.02 Å². The number of sulfonamides is 1. The smallest absolute Gasteiger partial charge is 0.239 e. The van der Waals surface area contributed by atoms with Crippen LogP contribution in [0.3, 0.4) is 0 Å². The van der Waals surface area contributed by atoms with Gasteiger partial charge in [0.2, 0.25) is 21.6 Å². The second-order valence-corrected chi connectivity index (χ2v) is 6.85. The number of anilines is 1. The van der Waals surface area contributed by atoms with E-state index < -0.39 is 27.7 Å². The van der Waals surface area contributed by atoms with Gasteiger partial charge in [-0.3, -0.25) is 14.5 Å². The van der Waals surface area contributed by atoms with Crippen LogP contribution in [0.25, 0.3) is 0 Å². The van der Waals surface area contributed by atoms with Crippen molar-refractivity contribution in [3.8, 4) is 0 Å². The molecule has 7 nitrogen and oxygen atoms in total. The molecule has 0 bridgehead atoms. The molecule has 0 spiro atoms. The van der Waals surface area contributed by atoms with Crippen LogP contribution >= 0.6 is 11.6 Å². The summed E-state index contributed by atoms with van der Waals surface area (Å²) in [7, 11) is -3.71. The second kappa shape index (κ2) is 5.92. The van der Waals surface area contributed by atoms with Crippen LogP contribution in [-0.2, 0) is 19.6 Å². The highest BCUT2D eigenvalue weighted by molar-refractivity contribution is 7.89. The number of benzene rings is 1. The van der Waals surface area contributed by atoms with Gasteiger partial charge in [-0.15, -0.1) is 5.10 Å². The molecule has 1 N–H and O–H groups in total. The van der Waals surface area contributed by atoms with Crippen molar-refractivity contribution in [1.82, 2.24) is 4.72 Å². The van der Waals surface area contributed by atoms with E-state index in [-0.39, 0.29) is 5.57 Å². The fourth-order valence-corrected chi connectivity index (χ4v) is 2.54. The van der Waals surface area contributed by atoms with E-state index >= 15 is 0 Å². The predicted octanol–water partition coefficient (Wildman–Crippen LogP) is 0.738. The number of Topliss-reactive ketones (excluding diaryl/α,β-unsaturated/α-hetero) is 1. The number of hydrogen-bond acceptors (Lipinski definition) is 6. The fourth-order valence-electron chi connectivity index (χ4n) is 1.93. The average Bonchev–Trinajstić information content (AvgIpc) is 2.42. The highest BCUT2D eigenvalue weighted by Crippen LogP contribution is 2.25. The maximum Gasteiger partial charge on any atom is 0.239 e. The number of hydrazone groups is 1. The molecule has 1 aromatic rings. The lowest BCUT2D eigenvalue weighted by Gasteiger charge is -2.30. The Morgan fingerprint density at radius 2 is 1.91 bits per heavy atom. The number of rotatable bonds is 2. The molecule has 0 saturated carbocycles. The van der Waals surface area contributed by atoms with Crippen LogP contribution in [0.4, 0.5) is 5.69 Å². The average molecular weight is 342 g/mol. The van der Waals surface area contributed by atoms with Crippen molar-refractivity contribution < 1.29 is 18.0 Å². The number of carbonyl (C=O) groups excluding carboxylic acids is 2. The highest BCUT2D eigenvalue weighted by Gasteiger charge is 2.34. The van der Waals surface area contributed by atoms with Crippen molar-refractivity contribution in [3.63, 3.8) is 0 Å². The summed E-state index contributed by atoms with van der Waals surface area (Å²) in [6, 6.07) is 5.82. The minimum Gasteiger partial charge on any atom is -0.284 e. The molecule has 0 fully saturated rings. The van der Waals surface area contributed by atoms with Gasteiger partial charge in [0.15, 0.2) is 0 Å². The lowest BCUT2D eigenvalue weighted by molar-refractivity contribution is -0.110. The number of halogens is 1. The molecule has 1 atom stereocenters. The number of hydrogen-bond donors (Lipinski definition) is 1. The molecule has 0 aliphatic carbocycles. The van der Waals surface area contributed by atoms with Gasteiger partial charge in [-0.25, -0.2) is 13.2 Å². The summed E-state index contributed by atoms with van der Waals surface area (Å²) in [5, 5.41) is 5.86. The number of carbonyl (C=O) groups is 1. The Balaban J connectivity index is 2.53. The monoisotopic (exact) mass is 341 g/mol. The summed E-state index contributed by atoms with van der Waals surface area (Å²) in [6.45, 7) is 1.59. The molecule has 9 heteroatoms. The van der Waals surface area contributed by atoms with Gasteiger partial charge < -0.3 is 0 Å². The van der Waals surface area contributed by atoms with Gasteiger partial charge in [-0.05, 0) is 31.2 Å². The summed E-state index contributed by atoms with van der Waals surface area (Å²) in [5.41, 5.74) is 0.334. The first-order chi connectivity index (χ1) is 10.2. The number of nitrogens with one attached hydrogen (secondary N) is 1. The first-order valence-corrected chi connectivity index (χ1v) is 8.41. The Labute approximate surface area is 132 Å². The van der Waals surface area contributed by atoms with Crippen molar-refractivity contribution in [2.75, 3.05) is 11.3 Å².